The number of β-lactam (4-membered cyclic amide) rings is 1. The number of nitrogens with two attached hydrogens (primary N) is 1. The molecule has 248 valence electrons. The molecule has 0 radical (unpaired) electrons. The Morgan fingerprint density at radius 1 is 1.21 bits per heavy atom. The van der Waals surface area contributed by atoms with Crippen molar-refractivity contribution in [3.05, 3.63) is 63.6 Å². The number of benzene rings is 1. The van der Waals surface area contributed by atoms with Crippen LogP contribution >= 0.6 is 34.9 Å². The number of hydrogen-bond acceptors (Lipinski definition) is 16. The van der Waals surface area contributed by atoms with E-state index in [0.29, 0.717) is 16.2 Å². The lowest BCUT2D eigenvalue weighted by Crippen LogP contribution is -2.71. The molecule has 7 N–H and O–H groups in total. The van der Waals surface area contributed by atoms with Gasteiger partial charge in [0.15, 0.2) is 28.0 Å². The third-order valence-electron chi connectivity index (χ3n) is 7.13. The zero-order chi connectivity index (χ0) is 34.3. The maximum absolute atomic E-state index is 13.5. The fourth-order valence-corrected chi connectivity index (χ4v) is 8.01. The minimum atomic E-state index is -1.41. The summed E-state index contributed by atoms with van der Waals surface area (Å²) in [5.74, 6) is -5.13. The number of aryl methyl sites for hydroxylation is 1. The van der Waals surface area contributed by atoms with Gasteiger partial charge in [0.2, 0.25) is 0 Å². The lowest BCUT2D eigenvalue weighted by atomic mass is 10.0. The third-order valence-corrected chi connectivity index (χ3v) is 10.2. The number of rotatable bonds is 11. The highest BCUT2D eigenvalue weighted by molar-refractivity contribution is 8.01. The summed E-state index contributed by atoms with van der Waals surface area (Å²) in [6.45, 7) is 1.15. The molecule has 5 heterocycles. The van der Waals surface area contributed by atoms with Crippen molar-refractivity contribution in [1.82, 2.24) is 35.0 Å². The molecule has 3 aromatic heterocycles. The van der Waals surface area contributed by atoms with Crippen LogP contribution in [0.1, 0.15) is 27.3 Å². The lowest BCUT2D eigenvalue weighted by Gasteiger charge is -2.49. The number of carbonyl (C=O) groups is 4. The second-order valence-electron chi connectivity index (χ2n) is 10.2. The highest BCUT2D eigenvalue weighted by Gasteiger charge is 2.54. The van der Waals surface area contributed by atoms with Gasteiger partial charge < -0.3 is 36.3 Å². The average Bonchev–Trinajstić information content (AvgIpc) is 3.70. The van der Waals surface area contributed by atoms with Gasteiger partial charge in [0.25, 0.3) is 11.8 Å². The summed E-state index contributed by atoms with van der Waals surface area (Å²) >= 11 is 3.58. The molecule has 18 nitrogen and oxygen atoms in total. The molecular weight excluding hydrogens is 691 g/mol. The van der Waals surface area contributed by atoms with E-state index < -0.39 is 59.0 Å². The van der Waals surface area contributed by atoms with Gasteiger partial charge in [-0.1, -0.05) is 10.4 Å². The Kier molecular flexibility index (Phi) is 8.81. The smallest absolute Gasteiger partial charge is 0.352 e. The predicted octanol–water partition coefficient (Wildman–Crippen LogP) is 1.03. The first-order valence-corrected chi connectivity index (χ1v) is 16.6. The summed E-state index contributed by atoms with van der Waals surface area (Å²) < 4.78 is 1.54. The first-order chi connectivity index (χ1) is 22.9. The minimum absolute atomic E-state index is 0.0215. The number of phenolic OH excluding ortho intramolecular Hbond substituents is 2. The number of aromatic nitrogens is 5. The number of oxime groups is 1. The molecule has 1 fully saturated rings. The SMILES string of the molecule is Cc1cc(SCC2=C(C(=O)O)N3C(=O)[C@@H](NC(=O)C(=NOCc4c(C(=O)O)ccc(O)c4O)c4csc(N)n4)[C@H]3SC2)n2nncc2n1. The van der Waals surface area contributed by atoms with Gasteiger partial charge >= 0.3 is 11.9 Å². The van der Waals surface area contributed by atoms with Crippen molar-refractivity contribution in [3.63, 3.8) is 0 Å². The fourth-order valence-electron chi connectivity index (χ4n) is 4.92. The van der Waals surface area contributed by atoms with E-state index in [4.69, 9.17) is 10.6 Å². The van der Waals surface area contributed by atoms with Crippen LogP contribution in [0.25, 0.3) is 5.65 Å². The van der Waals surface area contributed by atoms with Crippen molar-refractivity contribution in [2.45, 2.75) is 30.0 Å². The number of aromatic carboxylic acids is 1. The molecule has 1 saturated heterocycles. The summed E-state index contributed by atoms with van der Waals surface area (Å²) in [6, 6.07) is 2.72. The second-order valence-corrected chi connectivity index (χ2v) is 13.2. The average molecular weight is 714 g/mol. The molecule has 2 aliphatic rings. The van der Waals surface area contributed by atoms with Crippen molar-refractivity contribution in [2.75, 3.05) is 17.2 Å². The standard InChI is InChI=1S/C27H23N9O9S3/c1-10-4-17(36-16(30-10)5-29-34-36)46-7-11-8-47-24-19(23(40)35(24)20(11)26(43)44)32-22(39)18(14-9-48-27(28)31-14)33-45-6-13-12(25(41)42)2-3-15(37)21(13)38/h2-5,9,19,24,37-38H,6-8H2,1H3,(H2,28,31)(H,32,39)(H,41,42)(H,43,44)/t19-,24-/m1/s1. The number of fused-ring (bicyclic) bond motifs is 2. The fraction of sp³-hybridized carbons (Fsp3) is 0.222. The number of carboxylic acids is 2. The van der Waals surface area contributed by atoms with Crippen LogP contribution in [-0.4, -0.2) is 103 Å². The van der Waals surface area contributed by atoms with Gasteiger partial charge in [0, 0.05) is 22.6 Å². The molecule has 4 aromatic rings. The largest absolute Gasteiger partial charge is 0.504 e. The monoisotopic (exact) mass is 713 g/mol. The Balaban J connectivity index is 1.19. The molecule has 1 aromatic carbocycles. The normalized spacial score (nSPS) is 17.6. The molecule has 2 atom stereocenters. The number of carboxylic acid groups (broad SMARTS) is 2. The van der Waals surface area contributed by atoms with Gasteiger partial charge in [0.05, 0.1) is 17.3 Å². The van der Waals surface area contributed by atoms with Crippen molar-refractivity contribution < 1.29 is 44.4 Å². The van der Waals surface area contributed by atoms with E-state index in [-0.39, 0.29) is 39.2 Å². The van der Waals surface area contributed by atoms with Crippen molar-refractivity contribution >= 4 is 75.1 Å². The first-order valence-electron chi connectivity index (χ1n) is 13.6. The summed E-state index contributed by atoms with van der Waals surface area (Å²) in [4.78, 5) is 65.5. The number of aromatic hydroxyl groups is 2. The summed E-state index contributed by atoms with van der Waals surface area (Å²) in [5, 5.41) is 55.2. The van der Waals surface area contributed by atoms with E-state index in [1.165, 1.54) is 39.6 Å². The van der Waals surface area contributed by atoms with E-state index in [1.807, 2.05) is 6.92 Å². The van der Waals surface area contributed by atoms with E-state index in [2.05, 4.69) is 30.8 Å². The maximum Gasteiger partial charge on any atom is 0.352 e. The molecule has 6 rings (SSSR count). The number of carbonyl (C=O) groups excluding carboxylic acids is 2. The number of hydrogen-bond donors (Lipinski definition) is 6. The van der Waals surface area contributed by atoms with Crippen LogP contribution in [0.2, 0.25) is 0 Å². The number of nitrogens with one attached hydrogen (secondary N) is 1. The van der Waals surface area contributed by atoms with E-state index in [9.17, 15) is 39.6 Å². The van der Waals surface area contributed by atoms with E-state index in [0.717, 1.165) is 34.1 Å². The Bertz CT molecular complexity index is 2060. The molecule has 2 amide bonds. The van der Waals surface area contributed by atoms with Crippen LogP contribution in [0.5, 0.6) is 11.5 Å². The maximum atomic E-state index is 13.5. The quantitative estimate of drug-likeness (QED) is 0.0316. The number of nitrogen functional groups attached to an aromatic ring is 1. The van der Waals surface area contributed by atoms with E-state index in [1.54, 1.807) is 6.07 Å². The number of anilines is 1. The Hall–Kier alpha value is -5.41. The van der Waals surface area contributed by atoms with Crippen LogP contribution in [0.3, 0.4) is 0 Å². The molecule has 0 saturated carbocycles. The molecule has 0 bridgehead atoms. The van der Waals surface area contributed by atoms with Crippen LogP contribution in [-0.2, 0) is 25.8 Å². The van der Waals surface area contributed by atoms with Crippen LogP contribution in [0, 0.1) is 6.92 Å². The first kappa shape index (κ1) is 32.5. The van der Waals surface area contributed by atoms with Gasteiger partial charge in [-0.2, -0.15) is 4.52 Å². The Labute approximate surface area is 281 Å². The third kappa shape index (κ3) is 6.04. The summed E-state index contributed by atoms with van der Waals surface area (Å²) in [6.07, 6.45) is 1.51. The van der Waals surface area contributed by atoms with Gasteiger partial charge in [-0.3, -0.25) is 14.5 Å². The highest BCUT2D eigenvalue weighted by Crippen LogP contribution is 2.42. The van der Waals surface area contributed by atoms with Crippen molar-refractivity contribution in [3.8, 4) is 11.5 Å². The zero-order valence-electron chi connectivity index (χ0n) is 24.4. The molecule has 48 heavy (non-hydrogen) atoms. The lowest BCUT2D eigenvalue weighted by molar-refractivity contribution is -0.150. The van der Waals surface area contributed by atoms with Gasteiger partial charge in [0.1, 0.15) is 34.4 Å². The number of thioether (sulfide) groups is 2. The van der Waals surface area contributed by atoms with Crippen molar-refractivity contribution in [2.24, 2.45) is 5.16 Å². The summed E-state index contributed by atoms with van der Waals surface area (Å²) in [7, 11) is 0. The Morgan fingerprint density at radius 2 is 2.00 bits per heavy atom. The number of phenols is 2. The zero-order valence-corrected chi connectivity index (χ0v) is 26.9. The van der Waals surface area contributed by atoms with Gasteiger partial charge in [-0.05, 0) is 30.7 Å². The van der Waals surface area contributed by atoms with Crippen LogP contribution in [0.4, 0.5) is 5.13 Å². The predicted molar refractivity (Wildman–Crippen MR) is 171 cm³/mol. The van der Waals surface area contributed by atoms with Crippen LogP contribution in [0.15, 0.2) is 51.2 Å². The number of aliphatic carboxylic acids is 1. The highest BCUT2D eigenvalue weighted by atomic mass is 32.2. The second kappa shape index (κ2) is 13.0. The number of thiazole rings is 1. The molecule has 0 spiro atoms. The topological polar surface area (TPSA) is 268 Å². The molecule has 21 heteroatoms. The molecule has 0 unspecified atom stereocenters. The van der Waals surface area contributed by atoms with Gasteiger partial charge in [-0.15, -0.1) is 40.0 Å². The number of nitrogens with zero attached hydrogens (tertiary/aromatic N) is 7. The number of amides is 2. The Morgan fingerprint density at radius 3 is 2.71 bits per heavy atom. The molecular formula is C27H23N9O9S3. The van der Waals surface area contributed by atoms with Gasteiger partial charge in [-0.25, -0.2) is 19.6 Å². The molecule has 2 aliphatic heterocycles. The van der Waals surface area contributed by atoms with Crippen molar-refractivity contribution in [1.29, 1.82) is 0 Å². The molecule has 0 aliphatic carbocycles. The summed E-state index contributed by atoms with van der Waals surface area (Å²) in [5.41, 5.74) is 6.20. The minimum Gasteiger partial charge on any atom is -0.504 e. The van der Waals surface area contributed by atoms with Crippen LogP contribution < -0.4 is 11.1 Å². The van der Waals surface area contributed by atoms with E-state index >= 15 is 0 Å².